The highest BCUT2D eigenvalue weighted by Gasteiger charge is 2.15. The Labute approximate surface area is 156 Å². The fourth-order valence-electron chi connectivity index (χ4n) is 4.46. The average Bonchev–Trinajstić information content (AvgIpc) is 3.19. The summed E-state index contributed by atoms with van der Waals surface area (Å²) in [6, 6.07) is 32.6. The molecule has 1 N–H and O–H groups in total. The molecular weight excluding hydrogens is 326 g/mol. The summed E-state index contributed by atoms with van der Waals surface area (Å²) >= 11 is 0. The monoisotopic (exact) mass is 343 g/mol. The first-order valence-electron chi connectivity index (χ1n) is 9.30. The second-order valence-electron chi connectivity index (χ2n) is 7.07. The van der Waals surface area contributed by atoms with Gasteiger partial charge in [0.15, 0.2) is 0 Å². The molecule has 0 saturated carbocycles. The van der Waals surface area contributed by atoms with Crippen LogP contribution in [-0.4, -0.2) is 4.98 Å². The van der Waals surface area contributed by atoms with Gasteiger partial charge in [-0.05, 0) is 32.5 Å². The Morgan fingerprint density at radius 1 is 0.444 bits per heavy atom. The van der Waals surface area contributed by atoms with Gasteiger partial charge in [0.05, 0.1) is 5.52 Å². The minimum absolute atomic E-state index is 1.22. The van der Waals surface area contributed by atoms with E-state index in [1.165, 1.54) is 54.3 Å². The van der Waals surface area contributed by atoms with Crippen LogP contribution in [0.5, 0.6) is 0 Å². The number of fused-ring (bicyclic) bond motifs is 7. The maximum absolute atomic E-state index is 3.59. The first kappa shape index (κ1) is 14.6. The number of aromatic nitrogens is 1. The summed E-state index contributed by atoms with van der Waals surface area (Å²) < 4.78 is 0. The molecule has 0 fully saturated rings. The molecule has 0 atom stereocenters. The van der Waals surface area contributed by atoms with Crippen LogP contribution in [0.3, 0.4) is 0 Å². The molecule has 0 bridgehead atoms. The lowest BCUT2D eigenvalue weighted by Gasteiger charge is -2.10. The predicted molar refractivity (Wildman–Crippen MR) is 116 cm³/mol. The lowest BCUT2D eigenvalue weighted by atomic mass is 9.92. The lowest BCUT2D eigenvalue weighted by Crippen LogP contribution is -1.83. The molecule has 27 heavy (non-hydrogen) atoms. The van der Waals surface area contributed by atoms with E-state index in [1.54, 1.807) is 0 Å². The molecule has 126 valence electrons. The van der Waals surface area contributed by atoms with Crippen LogP contribution >= 0.6 is 0 Å². The van der Waals surface area contributed by atoms with Crippen LogP contribution in [0.2, 0.25) is 0 Å². The van der Waals surface area contributed by atoms with Crippen LogP contribution in [0.25, 0.3) is 54.3 Å². The first-order chi connectivity index (χ1) is 13.4. The summed E-state index contributed by atoms with van der Waals surface area (Å²) in [6.45, 7) is 0. The molecule has 0 radical (unpaired) electrons. The van der Waals surface area contributed by atoms with E-state index in [1.807, 2.05) is 0 Å². The number of nitrogens with one attached hydrogen (secondary N) is 1. The van der Waals surface area contributed by atoms with Gasteiger partial charge in [-0.3, -0.25) is 0 Å². The summed E-state index contributed by atoms with van der Waals surface area (Å²) in [5.74, 6) is 0. The summed E-state index contributed by atoms with van der Waals surface area (Å²) in [6.07, 6.45) is 2.17. The van der Waals surface area contributed by atoms with E-state index < -0.39 is 0 Å². The summed E-state index contributed by atoms with van der Waals surface area (Å²) in [7, 11) is 0. The van der Waals surface area contributed by atoms with Crippen molar-refractivity contribution in [1.29, 1.82) is 0 Å². The van der Waals surface area contributed by atoms with Gasteiger partial charge in [-0.1, -0.05) is 91.0 Å². The molecule has 1 aromatic heterocycles. The molecule has 5 aromatic carbocycles. The van der Waals surface area contributed by atoms with E-state index in [4.69, 9.17) is 0 Å². The number of hydrogen-bond donors (Lipinski definition) is 1. The minimum atomic E-state index is 1.22. The molecule has 0 spiro atoms. The van der Waals surface area contributed by atoms with Crippen LogP contribution in [0, 0.1) is 0 Å². The molecule has 6 aromatic rings. The molecule has 0 aliphatic carbocycles. The summed E-state index contributed by atoms with van der Waals surface area (Å²) in [5, 5.41) is 9.05. The Morgan fingerprint density at radius 3 is 1.85 bits per heavy atom. The maximum Gasteiger partial charge on any atom is 0.0546 e. The predicted octanol–water partition coefficient (Wildman–Crippen LogP) is 7.29. The fraction of sp³-hybridized carbons (Fsp3) is 0. The quantitative estimate of drug-likeness (QED) is 0.302. The van der Waals surface area contributed by atoms with E-state index in [0.29, 0.717) is 0 Å². The number of H-pyrrole nitrogens is 1. The van der Waals surface area contributed by atoms with E-state index in [2.05, 4.69) is 102 Å². The molecule has 1 heterocycles. The SMILES string of the molecule is c1ccc2c(-c3c[nH]c4c5ccccc5c5ccccc5c34)cccc2c1. The third kappa shape index (κ3) is 2.00. The van der Waals surface area contributed by atoms with Crippen molar-refractivity contribution >= 4 is 43.2 Å². The largest absolute Gasteiger partial charge is 0.360 e. The number of rotatable bonds is 1. The third-order valence-corrected chi connectivity index (χ3v) is 5.64. The molecular formula is C26H17N. The summed E-state index contributed by atoms with van der Waals surface area (Å²) in [5.41, 5.74) is 3.76. The first-order valence-corrected chi connectivity index (χ1v) is 9.30. The molecule has 0 saturated heterocycles. The number of hydrogen-bond acceptors (Lipinski definition) is 0. The van der Waals surface area contributed by atoms with Crippen molar-refractivity contribution in [1.82, 2.24) is 4.98 Å². The summed E-state index contributed by atoms with van der Waals surface area (Å²) in [4.78, 5) is 3.59. The zero-order chi connectivity index (χ0) is 17.8. The molecule has 1 nitrogen and oxygen atoms in total. The highest BCUT2D eigenvalue weighted by atomic mass is 14.7. The molecule has 0 aliphatic rings. The van der Waals surface area contributed by atoms with Crippen molar-refractivity contribution in [2.75, 3.05) is 0 Å². The van der Waals surface area contributed by atoms with E-state index in [9.17, 15) is 0 Å². The van der Waals surface area contributed by atoms with Gasteiger partial charge in [0.1, 0.15) is 0 Å². The van der Waals surface area contributed by atoms with Gasteiger partial charge in [-0.2, -0.15) is 0 Å². The molecule has 6 rings (SSSR count). The topological polar surface area (TPSA) is 15.8 Å². The Kier molecular flexibility index (Phi) is 2.95. The van der Waals surface area contributed by atoms with Gasteiger partial charge in [0, 0.05) is 22.5 Å². The van der Waals surface area contributed by atoms with Gasteiger partial charge in [-0.15, -0.1) is 0 Å². The van der Waals surface area contributed by atoms with Crippen LogP contribution in [0.15, 0.2) is 97.2 Å². The number of benzene rings is 5. The molecule has 0 amide bonds. The van der Waals surface area contributed by atoms with Gasteiger partial charge in [0.25, 0.3) is 0 Å². The highest BCUT2D eigenvalue weighted by Crippen LogP contribution is 2.41. The fourth-order valence-corrected chi connectivity index (χ4v) is 4.46. The normalized spacial score (nSPS) is 11.7. The third-order valence-electron chi connectivity index (χ3n) is 5.64. The molecule has 0 unspecified atom stereocenters. The van der Waals surface area contributed by atoms with Crippen molar-refractivity contribution in [2.45, 2.75) is 0 Å². The van der Waals surface area contributed by atoms with Gasteiger partial charge in [-0.25, -0.2) is 0 Å². The van der Waals surface area contributed by atoms with Gasteiger partial charge in [0.2, 0.25) is 0 Å². The van der Waals surface area contributed by atoms with Crippen molar-refractivity contribution in [3.05, 3.63) is 97.2 Å². The zero-order valence-electron chi connectivity index (χ0n) is 14.7. The Hall–Kier alpha value is -3.58. The number of aromatic amines is 1. The average molecular weight is 343 g/mol. The second kappa shape index (κ2) is 5.46. The highest BCUT2D eigenvalue weighted by molar-refractivity contribution is 6.28. The zero-order valence-corrected chi connectivity index (χ0v) is 14.7. The minimum Gasteiger partial charge on any atom is -0.360 e. The maximum atomic E-state index is 3.59. The Morgan fingerprint density at radius 2 is 1.04 bits per heavy atom. The van der Waals surface area contributed by atoms with Crippen LogP contribution < -0.4 is 0 Å². The Bertz CT molecular complexity index is 1460. The van der Waals surface area contributed by atoms with E-state index in [-0.39, 0.29) is 0 Å². The van der Waals surface area contributed by atoms with Crippen molar-refractivity contribution in [3.63, 3.8) is 0 Å². The van der Waals surface area contributed by atoms with Gasteiger partial charge < -0.3 is 4.98 Å². The van der Waals surface area contributed by atoms with Crippen molar-refractivity contribution in [3.8, 4) is 11.1 Å². The molecule has 0 aliphatic heterocycles. The van der Waals surface area contributed by atoms with E-state index >= 15 is 0 Å². The van der Waals surface area contributed by atoms with E-state index in [0.717, 1.165) is 0 Å². The standard InChI is InChI=1S/C26H17N/c1-2-10-18-17(8-1)9-7-15-19(18)24-16-27-26-23-14-6-4-12-21(23)20-11-3-5-13-22(20)25(24)26/h1-16,27H. The van der Waals surface area contributed by atoms with Crippen LogP contribution in [0.4, 0.5) is 0 Å². The van der Waals surface area contributed by atoms with Gasteiger partial charge >= 0.3 is 0 Å². The Balaban J connectivity index is 1.85. The molecule has 1 heteroatoms. The van der Waals surface area contributed by atoms with Crippen molar-refractivity contribution in [2.24, 2.45) is 0 Å². The van der Waals surface area contributed by atoms with Crippen molar-refractivity contribution < 1.29 is 0 Å². The van der Waals surface area contributed by atoms with Crippen LogP contribution in [-0.2, 0) is 0 Å². The second-order valence-corrected chi connectivity index (χ2v) is 7.07. The van der Waals surface area contributed by atoms with Crippen LogP contribution in [0.1, 0.15) is 0 Å². The lowest BCUT2D eigenvalue weighted by molar-refractivity contribution is 1.49. The smallest absolute Gasteiger partial charge is 0.0546 e.